The van der Waals surface area contributed by atoms with E-state index in [1.54, 1.807) is 29.2 Å². The Morgan fingerprint density at radius 2 is 1.87 bits per heavy atom. The summed E-state index contributed by atoms with van der Waals surface area (Å²) in [5.74, 6) is -1.73. The molecule has 0 aromatic heterocycles. The number of benzene rings is 1. The van der Waals surface area contributed by atoms with E-state index in [4.69, 9.17) is 9.47 Å². The van der Waals surface area contributed by atoms with Gasteiger partial charge >= 0.3 is 0 Å². The molecule has 9 heteroatoms. The molecule has 4 rings (SSSR count). The van der Waals surface area contributed by atoms with Crippen molar-refractivity contribution in [2.45, 2.75) is 96.4 Å². The van der Waals surface area contributed by atoms with E-state index >= 15 is 0 Å². The molecule has 3 aliphatic heterocycles. The first-order valence-corrected chi connectivity index (χ1v) is 14.6. The lowest BCUT2D eigenvalue weighted by molar-refractivity contribution is -0.150. The molecule has 2 unspecified atom stereocenters. The molecule has 3 heterocycles. The van der Waals surface area contributed by atoms with Gasteiger partial charge in [0.1, 0.15) is 17.4 Å². The number of anilines is 1. The van der Waals surface area contributed by atoms with E-state index in [-0.39, 0.29) is 30.2 Å². The van der Waals surface area contributed by atoms with Crippen LogP contribution in [-0.2, 0) is 19.1 Å². The van der Waals surface area contributed by atoms with Crippen molar-refractivity contribution in [1.29, 1.82) is 0 Å². The Morgan fingerprint density at radius 1 is 1.15 bits per heavy atom. The summed E-state index contributed by atoms with van der Waals surface area (Å²) in [6.07, 6.45) is 4.68. The van der Waals surface area contributed by atoms with E-state index in [9.17, 15) is 19.5 Å². The number of fused-ring (bicyclic) bond motifs is 1. The molecule has 7 atom stereocenters. The first-order chi connectivity index (χ1) is 18.7. The van der Waals surface area contributed by atoms with E-state index in [1.807, 2.05) is 27.7 Å². The van der Waals surface area contributed by atoms with Crippen molar-refractivity contribution in [2.75, 3.05) is 25.1 Å². The standard InChI is InChI=1S/C30H45N3O6/c1-6-9-10-17-31-27(36)25-30-16-15-29(5,39-30)23(24(30)28(37)33(25)22(18-34)19(4)7-2)26(35)32-20-11-13-21(14-12-20)38-8-3/h11-14,19,22-25,34H,6-10,15-18H2,1-5H3,(H,31,36)(H,32,35)/t19-,22-,23+,24-,25?,29-,30?/m0/s1. The number of nitrogens with zero attached hydrogens (tertiary/aromatic N) is 1. The van der Waals surface area contributed by atoms with E-state index in [0.29, 0.717) is 37.4 Å². The Kier molecular flexibility index (Phi) is 8.91. The van der Waals surface area contributed by atoms with Gasteiger partial charge < -0.3 is 30.1 Å². The second-order valence-corrected chi connectivity index (χ2v) is 11.6. The first kappa shape index (κ1) is 29.3. The SMILES string of the molecule is CCCCCNC(=O)C1N([C@@H](CO)[C@@H](C)CC)C(=O)[C@@H]2[C@H](C(=O)Nc3ccc(OCC)cc3)[C@]3(C)CCC12O3. The Morgan fingerprint density at radius 3 is 2.49 bits per heavy atom. The van der Waals surface area contributed by atoms with Gasteiger partial charge in [-0.1, -0.05) is 40.0 Å². The van der Waals surface area contributed by atoms with Crippen molar-refractivity contribution in [3.63, 3.8) is 0 Å². The molecule has 3 aliphatic rings. The largest absolute Gasteiger partial charge is 0.494 e. The molecule has 2 bridgehead atoms. The van der Waals surface area contributed by atoms with E-state index in [1.165, 1.54) is 0 Å². The molecule has 1 aromatic rings. The molecular weight excluding hydrogens is 498 g/mol. The summed E-state index contributed by atoms with van der Waals surface area (Å²) >= 11 is 0. The number of carbonyl (C=O) groups excluding carboxylic acids is 3. The lowest BCUT2D eigenvalue weighted by Crippen LogP contribution is -2.59. The first-order valence-electron chi connectivity index (χ1n) is 14.6. The summed E-state index contributed by atoms with van der Waals surface area (Å²) in [6.45, 7) is 10.7. The molecule has 0 radical (unpaired) electrons. The normalized spacial score (nSPS) is 30.7. The number of carbonyl (C=O) groups is 3. The molecule has 3 saturated heterocycles. The van der Waals surface area contributed by atoms with Gasteiger partial charge in [-0.15, -0.1) is 0 Å². The van der Waals surface area contributed by atoms with Gasteiger partial charge in [0, 0.05) is 12.2 Å². The van der Waals surface area contributed by atoms with Crippen LogP contribution in [0.2, 0.25) is 0 Å². The molecular formula is C30H45N3O6. The second-order valence-electron chi connectivity index (χ2n) is 11.6. The minimum Gasteiger partial charge on any atom is -0.494 e. The highest BCUT2D eigenvalue weighted by Gasteiger charge is 2.78. The van der Waals surface area contributed by atoms with Crippen molar-refractivity contribution in [3.8, 4) is 5.75 Å². The number of rotatable bonds is 13. The number of hydrogen-bond donors (Lipinski definition) is 3. The van der Waals surface area contributed by atoms with Crippen LogP contribution in [0.4, 0.5) is 5.69 Å². The van der Waals surface area contributed by atoms with Gasteiger partial charge in [0.25, 0.3) is 0 Å². The fourth-order valence-electron chi connectivity index (χ4n) is 6.94. The van der Waals surface area contributed by atoms with Crippen molar-refractivity contribution in [3.05, 3.63) is 24.3 Å². The van der Waals surface area contributed by atoms with Crippen LogP contribution >= 0.6 is 0 Å². The summed E-state index contributed by atoms with van der Waals surface area (Å²) in [5.41, 5.74) is -1.38. The van der Waals surface area contributed by atoms with E-state index < -0.39 is 35.1 Å². The third-order valence-corrected chi connectivity index (χ3v) is 9.10. The molecule has 216 valence electrons. The Balaban J connectivity index is 1.67. The lowest BCUT2D eigenvalue weighted by Gasteiger charge is -2.39. The molecule has 3 fully saturated rings. The highest BCUT2D eigenvalue weighted by atomic mass is 16.5. The van der Waals surface area contributed by atoms with Gasteiger partial charge in [-0.3, -0.25) is 14.4 Å². The number of likely N-dealkylation sites (tertiary alicyclic amines) is 1. The van der Waals surface area contributed by atoms with Crippen LogP contribution < -0.4 is 15.4 Å². The predicted octanol–water partition coefficient (Wildman–Crippen LogP) is 3.50. The monoisotopic (exact) mass is 543 g/mol. The zero-order valence-corrected chi connectivity index (χ0v) is 24.0. The summed E-state index contributed by atoms with van der Waals surface area (Å²) in [4.78, 5) is 43.5. The maximum Gasteiger partial charge on any atom is 0.245 e. The van der Waals surface area contributed by atoms with Gasteiger partial charge in [-0.05, 0) is 63.3 Å². The van der Waals surface area contributed by atoms with Crippen molar-refractivity contribution < 1.29 is 29.0 Å². The van der Waals surface area contributed by atoms with Gasteiger partial charge in [0.05, 0.1) is 36.7 Å². The van der Waals surface area contributed by atoms with E-state index in [0.717, 1.165) is 25.7 Å². The second kappa shape index (κ2) is 11.8. The number of hydrogen-bond acceptors (Lipinski definition) is 6. The minimum absolute atomic E-state index is 0.0338. The molecule has 0 saturated carbocycles. The fourth-order valence-corrected chi connectivity index (χ4v) is 6.94. The average molecular weight is 544 g/mol. The Bertz CT molecular complexity index is 1050. The van der Waals surface area contributed by atoms with Crippen LogP contribution in [0.3, 0.4) is 0 Å². The quantitative estimate of drug-likeness (QED) is 0.328. The molecule has 1 aromatic carbocycles. The van der Waals surface area contributed by atoms with Crippen LogP contribution in [-0.4, -0.2) is 70.8 Å². The maximum absolute atomic E-state index is 14.3. The maximum atomic E-state index is 14.3. The van der Waals surface area contributed by atoms with Crippen molar-refractivity contribution >= 4 is 23.4 Å². The number of ether oxygens (including phenoxy) is 2. The van der Waals surface area contributed by atoms with Gasteiger partial charge in [0.2, 0.25) is 17.7 Å². The zero-order valence-electron chi connectivity index (χ0n) is 24.0. The van der Waals surface area contributed by atoms with Gasteiger partial charge in [-0.25, -0.2) is 0 Å². The highest BCUT2D eigenvalue weighted by molar-refractivity contribution is 6.02. The van der Waals surface area contributed by atoms with Crippen molar-refractivity contribution in [1.82, 2.24) is 10.2 Å². The summed E-state index contributed by atoms with van der Waals surface area (Å²) in [7, 11) is 0. The summed E-state index contributed by atoms with van der Waals surface area (Å²) in [6, 6.07) is 5.69. The third kappa shape index (κ3) is 5.15. The van der Waals surface area contributed by atoms with Crippen LogP contribution in [0.1, 0.15) is 73.1 Å². The minimum atomic E-state index is -1.11. The molecule has 1 spiro atoms. The number of aliphatic hydroxyl groups is 1. The Hall–Kier alpha value is -2.65. The molecule has 39 heavy (non-hydrogen) atoms. The summed E-state index contributed by atoms with van der Waals surface area (Å²) in [5, 5.41) is 16.4. The van der Waals surface area contributed by atoms with Crippen molar-refractivity contribution in [2.24, 2.45) is 17.8 Å². The van der Waals surface area contributed by atoms with Crippen LogP contribution in [0.25, 0.3) is 0 Å². The lowest BCUT2D eigenvalue weighted by atomic mass is 9.66. The van der Waals surface area contributed by atoms with Gasteiger partial charge in [0.15, 0.2) is 0 Å². The zero-order chi connectivity index (χ0) is 28.4. The molecule has 9 nitrogen and oxygen atoms in total. The third-order valence-electron chi connectivity index (χ3n) is 9.10. The average Bonchev–Trinajstić information content (AvgIpc) is 3.49. The smallest absolute Gasteiger partial charge is 0.245 e. The number of nitrogens with one attached hydrogen (secondary N) is 2. The topological polar surface area (TPSA) is 117 Å². The van der Waals surface area contributed by atoms with Crippen LogP contribution in [0.15, 0.2) is 24.3 Å². The number of amides is 3. The number of aliphatic hydroxyl groups excluding tert-OH is 1. The molecule has 3 N–H and O–H groups in total. The van der Waals surface area contributed by atoms with E-state index in [2.05, 4.69) is 17.6 Å². The molecule has 3 amide bonds. The fraction of sp³-hybridized carbons (Fsp3) is 0.700. The van der Waals surface area contributed by atoms with Gasteiger partial charge in [-0.2, -0.15) is 0 Å². The molecule has 0 aliphatic carbocycles. The van der Waals surface area contributed by atoms with Crippen LogP contribution in [0, 0.1) is 17.8 Å². The predicted molar refractivity (Wildman–Crippen MR) is 148 cm³/mol. The summed E-state index contributed by atoms with van der Waals surface area (Å²) < 4.78 is 12.2. The Labute approximate surface area is 232 Å². The van der Waals surface area contributed by atoms with Crippen LogP contribution in [0.5, 0.6) is 5.75 Å². The highest BCUT2D eigenvalue weighted by Crippen LogP contribution is 2.63. The number of unbranched alkanes of at least 4 members (excludes halogenated alkanes) is 2.